The summed E-state index contributed by atoms with van der Waals surface area (Å²) in [7, 11) is 0. The van der Waals surface area contributed by atoms with E-state index in [4.69, 9.17) is 5.11 Å². The van der Waals surface area contributed by atoms with Gasteiger partial charge in [-0.25, -0.2) is 9.67 Å². The van der Waals surface area contributed by atoms with Gasteiger partial charge in [-0.3, -0.25) is 4.90 Å². The van der Waals surface area contributed by atoms with E-state index in [9.17, 15) is 0 Å². The lowest BCUT2D eigenvalue weighted by Gasteiger charge is -2.19. The second-order valence-corrected chi connectivity index (χ2v) is 3.85. The first kappa shape index (κ1) is 13.1. The summed E-state index contributed by atoms with van der Waals surface area (Å²) < 4.78 is 1.96. The van der Waals surface area contributed by atoms with Crippen LogP contribution in [0, 0.1) is 0 Å². The van der Waals surface area contributed by atoms with E-state index >= 15 is 0 Å². The molecule has 0 fully saturated rings. The van der Waals surface area contributed by atoms with Crippen molar-refractivity contribution in [2.75, 3.05) is 19.7 Å². The molecule has 0 saturated heterocycles. The van der Waals surface area contributed by atoms with Crippen LogP contribution in [0.2, 0.25) is 0 Å². The Kier molecular flexibility index (Phi) is 6.03. The molecule has 0 amide bonds. The molecule has 92 valence electrons. The molecule has 0 unspecified atom stereocenters. The van der Waals surface area contributed by atoms with Gasteiger partial charge in [0.05, 0.1) is 6.54 Å². The molecule has 5 heteroatoms. The van der Waals surface area contributed by atoms with E-state index in [1.54, 1.807) is 6.33 Å². The van der Waals surface area contributed by atoms with Crippen LogP contribution in [0.3, 0.4) is 0 Å². The molecule has 1 rings (SSSR count). The van der Waals surface area contributed by atoms with Crippen molar-refractivity contribution >= 4 is 0 Å². The highest BCUT2D eigenvalue weighted by molar-refractivity contribution is 4.84. The van der Waals surface area contributed by atoms with Gasteiger partial charge in [0.2, 0.25) is 0 Å². The number of hydrogen-bond acceptors (Lipinski definition) is 4. The second kappa shape index (κ2) is 7.35. The summed E-state index contributed by atoms with van der Waals surface area (Å²) in [4.78, 5) is 6.55. The highest BCUT2D eigenvalue weighted by Gasteiger charge is 2.08. The van der Waals surface area contributed by atoms with Crippen molar-refractivity contribution in [2.45, 2.75) is 39.8 Å². The summed E-state index contributed by atoms with van der Waals surface area (Å²) in [5.74, 6) is 1.02. The van der Waals surface area contributed by atoms with Crippen molar-refractivity contribution < 1.29 is 5.11 Å². The first-order valence-electron chi connectivity index (χ1n) is 6.01. The average Bonchev–Trinajstić information content (AvgIpc) is 2.72. The van der Waals surface area contributed by atoms with Crippen LogP contribution in [-0.2, 0) is 13.1 Å². The Balaban J connectivity index is 2.51. The minimum absolute atomic E-state index is 0.248. The third-order valence-corrected chi connectivity index (χ3v) is 2.58. The molecule has 5 nitrogen and oxygen atoms in total. The maximum atomic E-state index is 8.82. The Morgan fingerprint density at radius 1 is 1.44 bits per heavy atom. The topological polar surface area (TPSA) is 54.2 Å². The smallest absolute Gasteiger partial charge is 0.141 e. The van der Waals surface area contributed by atoms with Gasteiger partial charge in [-0.1, -0.05) is 13.8 Å². The van der Waals surface area contributed by atoms with Crippen molar-refractivity contribution in [3.8, 4) is 0 Å². The van der Waals surface area contributed by atoms with E-state index in [2.05, 4.69) is 28.8 Å². The summed E-state index contributed by atoms with van der Waals surface area (Å²) in [6, 6.07) is 0. The van der Waals surface area contributed by atoms with E-state index < -0.39 is 0 Å². The van der Waals surface area contributed by atoms with Crippen LogP contribution in [0.15, 0.2) is 6.33 Å². The van der Waals surface area contributed by atoms with Gasteiger partial charge in [0, 0.05) is 19.7 Å². The normalized spacial score (nSPS) is 11.2. The quantitative estimate of drug-likeness (QED) is 0.715. The first-order valence-corrected chi connectivity index (χ1v) is 6.01. The van der Waals surface area contributed by atoms with Gasteiger partial charge < -0.3 is 5.11 Å². The highest BCUT2D eigenvalue weighted by atomic mass is 16.3. The zero-order valence-electron chi connectivity index (χ0n) is 10.3. The van der Waals surface area contributed by atoms with Crippen molar-refractivity contribution in [2.24, 2.45) is 0 Å². The van der Waals surface area contributed by atoms with Crippen LogP contribution in [0.1, 0.15) is 32.5 Å². The van der Waals surface area contributed by atoms with Gasteiger partial charge in [0.15, 0.2) is 0 Å². The van der Waals surface area contributed by atoms with Crippen LogP contribution >= 0.6 is 0 Å². The Morgan fingerprint density at radius 3 is 2.88 bits per heavy atom. The molecule has 1 aromatic heterocycles. The molecule has 16 heavy (non-hydrogen) atoms. The zero-order chi connectivity index (χ0) is 11.8. The predicted molar refractivity (Wildman–Crippen MR) is 63.0 cm³/mol. The van der Waals surface area contributed by atoms with E-state index in [0.29, 0.717) is 0 Å². The number of aliphatic hydroxyl groups is 1. The maximum absolute atomic E-state index is 8.82. The van der Waals surface area contributed by atoms with Crippen LogP contribution in [0.5, 0.6) is 0 Å². The monoisotopic (exact) mass is 226 g/mol. The third kappa shape index (κ3) is 3.90. The number of aromatic nitrogens is 3. The molecule has 1 N–H and O–H groups in total. The highest BCUT2D eigenvalue weighted by Crippen LogP contribution is 2.02. The standard InChI is InChI=1S/C11H22N4O/c1-3-6-15-11(12-10-13-15)9-14(4-2)7-5-8-16/h10,16H,3-9H2,1-2H3. The van der Waals surface area contributed by atoms with Gasteiger partial charge in [-0.2, -0.15) is 5.10 Å². The lowest BCUT2D eigenvalue weighted by atomic mass is 10.3. The summed E-state index contributed by atoms with van der Waals surface area (Å²) in [5, 5.41) is 13.0. The van der Waals surface area contributed by atoms with E-state index in [1.807, 2.05) is 4.68 Å². The molecule has 0 aliphatic carbocycles. The van der Waals surface area contributed by atoms with E-state index in [-0.39, 0.29) is 6.61 Å². The third-order valence-electron chi connectivity index (χ3n) is 2.58. The van der Waals surface area contributed by atoms with Crippen molar-refractivity contribution in [1.82, 2.24) is 19.7 Å². The first-order chi connectivity index (χ1) is 7.81. The molecule has 0 radical (unpaired) electrons. The lowest BCUT2D eigenvalue weighted by molar-refractivity contribution is 0.219. The number of nitrogens with zero attached hydrogens (tertiary/aromatic N) is 4. The number of aliphatic hydroxyl groups excluding tert-OH is 1. The summed E-state index contributed by atoms with van der Waals surface area (Å²) in [5.41, 5.74) is 0. The second-order valence-electron chi connectivity index (χ2n) is 3.85. The maximum Gasteiger partial charge on any atom is 0.141 e. The van der Waals surface area contributed by atoms with Gasteiger partial charge in [0.1, 0.15) is 12.2 Å². The van der Waals surface area contributed by atoms with Gasteiger partial charge in [-0.15, -0.1) is 0 Å². The van der Waals surface area contributed by atoms with E-state index in [0.717, 1.165) is 44.8 Å². The fraction of sp³-hybridized carbons (Fsp3) is 0.818. The van der Waals surface area contributed by atoms with Crippen molar-refractivity contribution in [1.29, 1.82) is 0 Å². The van der Waals surface area contributed by atoms with Gasteiger partial charge >= 0.3 is 0 Å². The predicted octanol–water partition coefficient (Wildman–Crippen LogP) is 0.892. The number of aryl methyl sites for hydroxylation is 1. The molecule has 0 spiro atoms. The fourth-order valence-corrected chi connectivity index (χ4v) is 1.65. The molecular formula is C11H22N4O. The molecule has 0 aliphatic heterocycles. The number of rotatable bonds is 8. The zero-order valence-corrected chi connectivity index (χ0v) is 10.3. The molecule has 0 aromatic carbocycles. The molecule has 0 saturated carbocycles. The molecule has 1 heterocycles. The Morgan fingerprint density at radius 2 is 2.25 bits per heavy atom. The lowest BCUT2D eigenvalue weighted by Crippen LogP contribution is -2.26. The largest absolute Gasteiger partial charge is 0.396 e. The fourth-order valence-electron chi connectivity index (χ4n) is 1.65. The molecule has 0 bridgehead atoms. The van der Waals surface area contributed by atoms with Crippen LogP contribution in [0.25, 0.3) is 0 Å². The Bertz CT molecular complexity index is 287. The molecule has 0 atom stereocenters. The minimum atomic E-state index is 0.248. The van der Waals surface area contributed by atoms with Crippen molar-refractivity contribution in [3.05, 3.63) is 12.2 Å². The van der Waals surface area contributed by atoms with Crippen molar-refractivity contribution in [3.63, 3.8) is 0 Å². The van der Waals surface area contributed by atoms with Crippen LogP contribution in [0.4, 0.5) is 0 Å². The molecular weight excluding hydrogens is 204 g/mol. The van der Waals surface area contributed by atoms with Crippen LogP contribution in [-0.4, -0.2) is 44.5 Å². The van der Waals surface area contributed by atoms with E-state index in [1.165, 1.54) is 0 Å². The van der Waals surface area contributed by atoms with Crippen LogP contribution < -0.4 is 0 Å². The summed E-state index contributed by atoms with van der Waals surface area (Å²) >= 11 is 0. The molecule has 0 aliphatic rings. The average molecular weight is 226 g/mol. The molecule has 1 aromatic rings. The SMILES string of the molecule is CCCn1ncnc1CN(CC)CCCO. The number of hydrogen-bond donors (Lipinski definition) is 1. The Hall–Kier alpha value is -0.940. The van der Waals surface area contributed by atoms with Gasteiger partial charge in [-0.05, 0) is 19.4 Å². The summed E-state index contributed by atoms with van der Waals surface area (Å²) in [6.07, 6.45) is 3.50. The Labute approximate surface area is 97.1 Å². The minimum Gasteiger partial charge on any atom is -0.396 e. The van der Waals surface area contributed by atoms with Gasteiger partial charge in [0.25, 0.3) is 0 Å². The summed E-state index contributed by atoms with van der Waals surface area (Å²) in [6.45, 7) is 8.12.